The van der Waals surface area contributed by atoms with Gasteiger partial charge in [-0.05, 0) is 70.8 Å². The number of hydrogen-bond acceptors (Lipinski definition) is 4. The van der Waals surface area contributed by atoms with Crippen molar-refractivity contribution in [2.45, 2.75) is 0 Å². The summed E-state index contributed by atoms with van der Waals surface area (Å²) in [5.41, 5.74) is 9.00. The molecule has 0 bridgehead atoms. The monoisotopic (exact) mass is 629 g/mol. The largest absolute Gasteiger partial charge is 0.456 e. The van der Waals surface area contributed by atoms with Crippen LogP contribution in [0.4, 0.5) is 0 Å². The Morgan fingerprint density at radius 2 is 0.864 bits per heavy atom. The maximum atomic E-state index is 6.07. The molecule has 0 N–H and O–H groups in total. The summed E-state index contributed by atoms with van der Waals surface area (Å²) in [6.45, 7) is 0. The molecule has 0 aliphatic carbocycles. The molecular weight excluding hydrogens is 606 g/mol. The summed E-state index contributed by atoms with van der Waals surface area (Å²) < 4.78 is 7.13. The number of rotatable bonds is 5. The second-order valence-corrected chi connectivity index (χ2v) is 11.6. The number of aromatic nitrogens is 3. The highest BCUT2D eigenvalue weighted by Gasteiger charge is 2.15. The van der Waals surface area contributed by atoms with Gasteiger partial charge in [-0.3, -0.25) is 0 Å². The van der Waals surface area contributed by atoms with Crippen LogP contribution in [0.2, 0.25) is 0 Å². The smallest absolute Gasteiger partial charge is 0.164 e. The minimum Gasteiger partial charge on any atom is -0.456 e. The molecule has 5 heteroatoms. The zero-order chi connectivity index (χ0) is 29.5. The van der Waals surface area contributed by atoms with E-state index in [1.54, 1.807) is 0 Å². The zero-order valence-electron chi connectivity index (χ0n) is 23.5. The molecule has 0 unspecified atom stereocenters. The van der Waals surface area contributed by atoms with Crippen molar-refractivity contribution in [1.29, 1.82) is 0 Å². The van der Waals surface area contributed by atoms with E-state index in [1.165, 1.54) is 0 Å². The fourth-order valence-electron chi connectivity index (χ4n) is 5.60. The Kier molecular flexibility index (Phi) is 6.58. The molecule has 0 saturated carbocycles. The first-order valence-electron chi connectivity index (χ1n) is 14.4. The van der Waals surface area contributed by atoms with Crippen molar-refractivity contribution in [1.82, 2.24) is 15.0 Å². The third-order valence-corrected chi connectivity index (χ3v) is 8.27. The predicted octanol–water partition coefficient (Wildman–Crippen LogP) is 10.9. The summed E-state index contributed by atoms with van der Waals surface area (Å²) in [6, 6.07) is 49.6. The van der Waals surface area contributed by atoms with Crippen LogP contribution in [-0.2, 0) is 0 Å². The lowest BCUT2D eigenvalue weighted by Crippen LogP contribution is -2.00. The van der Waals surface area contributed by atoms with Gasteiger partial charge in [0.05, 0.1) is 0 Å². The minimum atomic E-state index is 0.614. The average Bonchev–Trinajstić information content (AvgIpc) is 3.47. The van der Waals surface area contributed by atoms with E-state index in [0.29, 0.717) is 17.5 Å². The molecule has 8 rings (SSSR count). The van der Waals surface area contributed by atoms with Crippen LogP contribution in [0.25, 0.3) is 78.4 Å². The molecule has 2 aromatic heterocycles. The number of fused-ring (bicyclic) bond motifs is 3. The Hall–Kier alpha value is -5.39. The second-order valence-electron chi connectivity index (χ2n) is 10.7. The van der Waals surface area contributed by atoms with Crippen LogP contribution in [0.5, 0.6) is 0 Å². The van der Waals surface area contributed by atoms with Crippen molar-refractivity contribution >= 4 is 37.9 Å². The minimum absolute atomic E-state index is 0.614. The van der Waals surface area contributed by atoms with E-state index < -0.39 is 0 Å². The van der Waals surface area contributed by atoms with Gasteiger partial charge in [-0.2, -0.15) is 0 Å². The lowest BCUT2D eigenvalue weighted by Gasteiger charge is -2.10. The first kappa shape index (κ1) is 26.3. The first-order chi connectivity index (χ1) is 21.7. The summed E-state index contributed by atoms with van der Waals surface area (Å²) in [4.78, 5) is 14.9. The van der Waals surface area contributed by atoms with Crippen molar-refractivity contribution in [3.63, 3.8) is 0 Å². The van der Waals surface area contributed by atoms with Gasteiger partial charge in [-0.25, -0.2) is 15.0 Å². The number of nitrogens with zero attached hydrogens (tertiary/aromatic N) is 3. The van der Waals surface area contributed by atoms with Crippen LogP contribution in [0.3, 0.4) is 0 Å². The Labute approximate surface area is 262 Å². The van der Waals surface area contributed by atoms with E-state index in [-0.39, 0.29) is 0 Å². The van der Waals surface area contributed by atoms with Crippen LogP contribution in [0.1, 0.15) is 0 Å². The highest BCUT2D eigenvalue weighted by Crippen LogP contribution is 2.34. The van der Waals surface area contributed by atoms with Gasteiger partial charge in [0.2, 0.25) is 0 Å². The summed E-state index contributed by atoms with van der Waals surface area (Å²) in [7, 11) is 0. The van der Waals surface area contributed by atoms with E-state index >= 15 is 0 Å². The lowest BCUT2D eigenvalue weighted by molar-refractivity contribution is 0.669. The fourth-order valence-corrected chi connectivity index (χ4v) is 6.00. The second kappa shape index (κ2) is 11.0. The summed E-state index contributed by atoms with van der Waals surface area (Å²) in [6.07, 6.45) is 0. The topological polar surface area (TPSA) is 51.8 Å². The van der Waals surface area contributed by atoms with Crippen LogP contribution in [0, 0.1) is 0 Å². The molecule has 0 amide bonds. The van der Waals surface area contributed by atoms with Crippen molar-refractivity contribution < 1.29 is 4.42 Å². The SMILES string of the molecule is Brc1cccc(-c2cccc(-c3cccc(-c4nc(-c5ccccc5)nc(-c5ccc6oc7ccccc7c6c5)n4)c3)c2)c1. The third-order valence-electron chi connectivity index (χ3n) is 7.78. The number of furan rings is 1. The standard InChI is InChI=1S/C39H24BrN3O/c40-32-16-8-14-29(23-32)27-12-6-11-26(21-27)28-13-7-15-30(22-28)38-41-37(25-9-2-1-3-10-25)42-39(43-38)31-19-20-36-34(24-31)33-17-4-5-18-35(33)44-36/h1-24H. The summed E-state index contributed by atoms with van der Waals surface area (Å²) in [5.74, 6) is 1.86. The van der Waals surface area contributed by atoms with Crippen LogP contribution < -0.4 is 0 Å². The normalized spacial score (nSPS) is 11.3. The van der Waals surface area contributed by atoms with Crippen LogP contribution in [0.15, 0.2) is 154 Å². The molecule has 0 atom stereocenters. The van der Waals surface area contributed by atoms with E-state index in [1.807, 2.05) is 66.7 Å². The van der Waals surface area contributed by atoms with Gasteiger partial charge in [0.25, 0.3) is 0 Å². The van der Waals surface area contributed by atoms with Crippen molar-refractivity contribution in [3.05, 3.63) is 150 Å². The predicted molar refractivity (Wildman–Crippen MR) is 182 cm³/mol. The highest BCUT2D eigenvalue weighted by atomic mass is 79.9. The molecular formula is C39H24BrN3O. The van der Waals surface area contributed by atoms with Crippen molar-refractivity contribution in [3.8, 4) is 56.4 Å². The Morgan fingerprint density at radius 1 is 0.364 bits per heavy atom. The Morgan fingerprint density at radius 3 is 1.57 bits per heavy atom. The Bertz CT molecular complexity index is 2310. The molecule has 208 valence electrons. The van der Waals surface area contributed by atoms with Crippen molar-refractivity contribution in [2.75, 3.05) is 0 Å². The summed E-state index contributed by atoms with van der Waals surface area (Å²) in [5, 5.41) is 2.10. The number of halogens is 1. The molecule has 6 aromatic carbocycles. The molecule has 0 radical (unpaired) electrons. The van der Waals surface area contributed by atoms with Crippen LogP contribution in [-0.4, -0.2) is 15.0 Å². The molecule has 0 aliphatic rings. The number of hydrogen-bond donors (Lipinski definition) is 0. The van der Waals surface area contributed by atoms with Crippen molar-refractivity contribution in [2.24, 2.45) is 0 Å². The molecule has 0 saturated heterocycles. The third kappa shape index (κ3) is 4.97. The van der Waals surface area contributed by atoms with E-state index in [9.17, 15) is 0 Å². The van der Waals surface area contributed by atoms with Gasteiger partial charge < -0.3 is 4.42 Å². The molecule has 0 spiro atoms. The zero-order valence-corrected chi connectivity index (χ0v) is 25.1. The molecule has 8 aromatic rings. The molecule has 2 heterocycles. The number of benzene rings is 6. The Balaban J connectivity index is 1.25. The maximum Gasteiger partial charge on any atom is 0.164 e. The molecule has 4 nitrogen and oxygen atoms in total. The highest BCUT2D eigenvalue weighted by molar-refractivity contribution is 9.10. The fraction of sp³-hybridized carbons (Fsp3) is 0. The van der Waals surface area contributed by atoms with E-state index in [2.05, 4.69) is 94.8 Å². The molecule has 0 fully saturated rings. The first-order valence-corrected chi connectivity index (χ1v) is 15.2. The number of para-hydroxylation sites is 1. The summed E-state index contributed by atoms with van der Waals surface area (Å²) >= 11 is 3.60. The van der Waals surface area contributed by atoms with Gasteiger partial charge in [0.1, 0.15) is 11.2 Å². The molecule has 44 heavy (non-hydrogen) atoms. The van der Waals surface area contributed by atoms with Gasteiger partial charge >= 0.3 is 0 Å². The average molecular weight is 631 g/mol. The van der Waals surface area contributed by atoms with Gasteiger partial charge in [-0.1, -0.05) is 113 Å². The van der Waals surface area contributed by atoms with Gasteiger partial charge in [0, 0.05) is 31.9 Å². The van der Waals surface area contributed by atoms with E-state index in [4.69, 9.17) is 19.4 Å². The van der Waals surface area contributed by atoms with Gasteiger partial charge in [-0.15, -0.1) is 0 Å². The van der Waals surface area contributed by atoms with Gasteiger partial charge in [0.15, 0.2) is 17.5 Å². The maximum absolute atomic E-state index is 6.07. The van der Waals surface area contributed by atoms with E-state index in [0.717, 1.165) is 65.4 Å². The quantitative estimate of drug-likeness (QED) is 0.190. The van der Waals surface area contributed by atoms with Crippen LogP contribution >= 0.6 is 15.9 Å². The molecule has 0 aliphatic heterocycles. The lowest BCUT2D eigenvalue weighted by atomic mass is 9.98.